The average Bonchev–Trinajstić information content (AvgIpc) is 3.55. The molecule has 2 fully saturated rings. The molecule has 23 heteroatoms. The van der Waals surface area contributed by atoms with Gasteiger partial charge in [-0.25, -0.2) is 37.2 Å². The largest absolute Gasteiger partial charge is 0.510 e. The van der Waals surface area contributed by atoms with Crippen LogP contribution in [0.1, 0.15) is 46.4 Å². The van der Waals surface area contributed by atoms with E-state index in [1.165, 1.54) is 27.7 Å². The van der Waals surface area contributed by atoms with Crippen molar-refractivity contribution in [2.45, 2.75) is 82.6 Å². The number of aromatic nitrogens is 2. The number of halogens is 1. The number of alkyl halides is 1. The van der Waals surface area contributed by atoms with Crippen LogP contribution in [-0.4, -0.2) is 101 Å². The van der Waals surface area contributed by atoms with Crippen LogP contribution >= 0.6 is 7.82 Å². The highest BCUT2D eigenvalue weighted by Gasteiger charge is 2.96. The summed E-state index contributed by atoms with van der Waals surface area (Å²) in [6, 6.07) is 9.40. The number of aromatic amines is 1. The molecule has 298 valence electrons. The first-order valence-electron chi connectivity index (χ1n) is 16.1. The van der Waals surface area contributed by atoms with Gasteiger partial charge in [0, 0.05) is 12.3 Å². The molecule has 1 unspecified atom stereocenters. The maximum atomic E-state index is 15.3. The van der Waals surface area contributed by atoms with Crippen LogP contribution in [0.4, 0.5) is 18.8 Å². The quantitative estimate of drug-likeness (QED) is 0.0898. The molecule has 1 aromatic carbocycles. The van der Waals surface area contributed by atoms with Crippen LogP contribution in [-0.2, 0) is 62.7 Å². The zero-order valence-electron chi connectivity index (χ0n) is 29.5. The van der Waals surface area contributed by atoms with Crippen LogP contribution in [0.25, 0.3) is 0 Å². The summed E-state index contributed by atoms with van der Waals surface area (Å²) in [5.74, 6) is -1.34. The number of hydrogen-bond acceptors (Lipinski definition) is 18. The number of fused-ring (bicyclic) bond motifs is 1. The molecule has 5 atom stereocenters. The second-order valence-electron chi connectivity index (χ2n) is 12.3. The summed E-state index contributed by atoms with van der Waals surface area (Å²) in [6.45, 7) is 1.79. The van der Waals surface area contributed by atoms with Crippen LogP contribution in [0.15, 0.2) is 52.2 Å². The van der Waals surface area contributed by atoms with Crippen molar-refractivity contribution >= 4 is 32.2 Å². The molecule has 2 heterocycles. The summed E-state index contributed by atoms with van der Waals surface area (Å²) >= 11 is 0. The van der Waals surface area contributed by atoms with Gasteiger partial charge >= 0.3 is 37.9 Å². The fraction of sp³-hybridized carbons (Fsp3) is 0.548. The van der Waals surface area contributed by atoms with Crippen molar-refractivity contribution in [2.24, 2.45) is 0 Å². The van der Waals surface area contributed by atoms with Crippen molar-refractivity contribution in [1.29, 1.82) is 0 Å². The molecule has 1 saturated carbocycles. The van der Waals surface area contributed by atoms with Crippen molar-refractivity contribution in [3.05, 3.63) is 69.0 Å². The fourth-order valence-electron chi connectivity index (χ4n) is 5.42. The van der Waals surface area contributed by atoms with E-state index in [0.717, 1.165) is 19.2 Å². The number of aliphatic hydroxyl groups is 1. The second kappa shape index (κ2) is 17.1. The van der Waals surface area contributed by atoms with E-state index in [1.54, 1.807) is 30.3 Å². The lowest BCUT2D eigenvalue weighted by molar-refractivity contribution is -0.188. The summed E-state index contributed by atoms with van der Waals surface area (Å²) in [6.07, 6.45) is -8.02. The SMILES string of the molecule is CC(C)OC(=O)OCOP(=O)(OCOC(=O)OC(C)C)OC1[C@]2(OC(=O)CNC(=O)OCc3ccccc3)[C@@](C)(O)[C@H](n3ccc(=O)[nH]c3=O)O[C@]12CF. The Morgan fingerprint density at radius 2 is 1.57 bits per heavy atom. The molecule has 1 aliphatic heterocycles. The van der Waals surface area contributed by atoms with Crippen LogP contribution in [0.5, 0.6) is 0 Å². The molecule has 21 nitrogen and oxygen atoms in total. The maximum Gasteiger partial charge on any atom is 0.510 e. The summed E-state index contributed by atoms with van der Waals surface area (Å²) in [7, 11) is -5.24. The molecule has 0 radical (unpaired) electrons. The molecule has 1 aromatic heterocycles. The molecule has 1 amide bonds. The first-order chi connectivity index (χ1) is 25.4. The number of amides is 1. The number of ether oxygens (including phenoxy) is 7. The van der Waals surface area contributed by atoms with Gasteiger partial charge in [0.15, 0.2) is 23.5 Å². The van der Waals surface area contributed by atoms with Gasteiger partial charge in [0.05, 0.1) is 12.2 Å². The first-order valence-corrected chi connectivity index (χ1v) is 17.5. The van der Waals surface area contributed by atoms with Crippen LogP contribution in [0.3, 0.4) is 0 Å². The third-order valence-electron chi connectivity index (χ3n) is 7.73. The molecule has 1 saturated heterocycles. The number of carbonyl (C=O) groups is 4. The van der Waals surface area contributed by atoms with Gasteiger partial charge in [-0.1, -0.05) is 30.3 Å². The van der Waals surface area contributed by atoms with Gasteiger partial charge in [-0.05, 0) is 40.2 Å². The Kier molecular flexibility index (Phi) is 13.2. The Balaban J connectivity index is 1.61. The number of rotatable bonds is 17. The zero-order chi connectivity index (χ0) is 39.9. The second-order valence-corrected chi connectivity index (χ2v) is 14.0. The molecule has 4 rings (SSSR count). The lowest BCUT2D eigenvalue weighted by Crippen LogP contribution is -2.54. The van der Waals surface area contributed by atoms with Crippen LogP contribution in [0, 0.1) is 0 Å². The molecular formula is C31H39FN3O18P. The highest BCUT2D eigenvalue weighted by molar-refractivity contribution is 7.48. The average molecular weight is 792 g/mol. The minimum Gasteiger partial charge on any atom is -0.448 e. The Bertz CT molecular complexity index is 1800. The van der Waals surface area contributed by atoms with Gasteiger partial charge in [0.2, 0.25) is 19.2 Å². The minimum atomic E-state index is -5.24. The minimum absolute atomic E-state index is 0.169. The number of hydrogen-bond donors (Lipinski definition) is 3. The van der Waals surface area contributed by atoms with Crippen LogP contribution < -0.4 is 16.6 Å². The van der Waals surface area contributed by atoms with E-state index in [1.807, 2.05) is 4.98 Å². The first kappa shape index (κ1) is 41.9. The van der Waals surface area contributed by atoms with Crippen molar-refractivity contribution in [1.82, 2.24) is 14.9 Å². The van der Waals surface area contributed by atoms with E-state index < -0.39 is 112 Å². The predicted octanol–water partition coefficient (Wildman–Crippen LogP) is 2.31. The van der Waals surface area contributed by atoms with Gasteiger partial charge in [-0.15, -0.1) is 0 Å². The smallest absolute Gasteiger partial charge is 0.448 e. The Labute approximate surface area is 305 Å². The van der Waals surface area contributed by atoms with E-state index in [0.29, 0.717) is 10.1 Å². The number of phosphoric acid groups is 1. The number of esters is 1. The lowest BCUT2D eigenvalue weighted by atomic mass is 9.93. The highest BCUT2D eigenvalue weighted by Crippen LogP contribution is 2.73. The van der Waals surface area contributed by atoms with E-state index in [4.69, 9.17) is 46.7 Å². The van der Waals surface area contributed by atoms with Gasteiger partial charge in [-0.3, -0.25) is 23.7 Å². The topological polar surface area (TPSA) is 265 Å². The van der Waals surface area contributed by atoms with Crippen molar-refractivity contribution < 1.29 is 80.0 Å². The van der Waals surface area contributed by atoms with E-state index in [-0.39, 0.29) is 6.61 Å². The van der Waals surface area contributed by atoms with Crippen molar-refractivity contribution in [3.8, 4) is 0 Å². The third-order valence-corrected chi connectivity index (χ3v) is 9.05. The number of nitrogens with one attached hydrogen (secondary N) is 2. The lowest BCUT2D eigenvalue weighted by Gasteiger charge is -2.35. The molecule has 2 aliphatic rings. The molecule has 3 N–H and O–H groups in total. The van der Waals surface area contributed by atoms with Crippen LogP contribution in [0.2, 0.25) is 0 Å². The van der Waals surface area contributed by atoms with Crippen molar-refractivity contribution in [2.75, 3.05) is 26.8 Å². The summed E-state index contributed by atoms with van der Waals surface area (Å²) in [5, 5.41) is 14.1. The summed E-state index contributed by atoms with van der Waals surface area (Å²) in [5.41, 5.74) is -9.34. The third kappa shape index (κ3) is 9.25. The normalized spacial score (nSPS) is 24.3. The summed E-state index contributed by atoms with van der Waals surface area (Å²) < 4.78 is 80.9. The standard InChI is InChI=1S/C31H39FN3O18P/c1-18(2)49-27(40)45-16-47-54(43,48-17-46-28(41)50-19(3)4)53-23-30(15-32)31(23,29(5,42)24(52-30)35-12-11-21(36)34-25(35)38)51-22(37)13-33-26(39)44-14-20-9-7-6-8-10-20/h6-12,18-19,23-24,42H,13-17H2,1-5H3,(H,33,39)(H,34,36,38)/t23?,24-,29+,30-,31+/m1/s1. The fourth-order valence-corrected chi connectivity index (χ4v) is 6.56. The number of phosphoric ester groups is 1. The van der Waals surface area contributed by atoms with E-state index >= 15 is 4.39 Å². The number of carbonyl (C=O) groups excluding carboxylic acids is 4. The molecule has 1 aliphatic carbocycles. The van der Waals surface area contributed by atoms with Gasteiger partial charge in [-0.2, -0.15) is 0 Å². The molecular weight excluding hydrogens is 752 g/mol. The number of benzene rings is 1. The Morgan fingerprint density at radius 1 is 0.981 bits per heavy atom. The maximum absolute atomic E-state index is 15.3. The molecule has 0 bridgehead atoms. The van der Waals surface area contributed by atoms with E-state index in [9.17, 15) is 38.4 Å². The van der Waals surface area contributed by atoms with E-state index in [2.05, 4.69) is 5.32 Å². The predicted molar refractivity (Wildman–Crippen MR) is 174 cm³/mol. The summed E-state index contributed by atoms with van der Waals surface area (Å²) in [4.78, 5) is 75.8. The molecule has 2 aromatic rings. The van der Waals surface area contributed by atoms with Crippen molar-refractivity contribution in [3.63, 3.8) is 0 Å². The molecule has 0 spiro atoms. The zero-order valence-corrected chi connectivity index (χ0v) is 30.4. The highest BCUT2D eigenvalue weighted by atomic mass is 31.2. The number of nitrogens with zero attached hydrogens (tertiary/aromatic N) is 1. The monoisotopic (exact) mass is 791 g/mol. The van der Waals surface area contributed by atoms with Gasteiger partial charge in [0.1, 0.15) is 19.8 Å². The van der Waals surface area contributed by atoms with Gasteiger partial charge in [0.25, 0.3) is 5.56 Å². The number of H-pyrrole nitrogens is 1. The number of alkyl carbamates (subject to hydrolysis) is 1. The van der Waals surface area contributed by atoms with Gasteiger partial charge < -0.3 is 43.6 Å². The Hall–Kier alpha value is -4.86. The molecule has 54 heavy (non-hydrogen) atoms. The Morgan fingerprint density at radius 3 is 2.11 bits per heavy atom.